The van der Waals surface area contributed by atoms with Crippen molar-refractivity contribution in [1.82, 2.24) is 10.2 Å². The van der Waals surface area contributed by atoms with Crippen LogP contribution in [-0.4, -0.2) is 15.9 Å². The van der Waals surface area contributed by atoms with E-state index in [1.165, 1.54) is 0 Å². The molecule has 1 saturated heterocycles. The van der Waals surface area contributed by atoms with E-state index in [2.05, 4.69) is 5.32 Å². The van der Waals surface area contributed by atoms with E-state index >= 15 is 0 Å². The molecule has 1 aliphatic heterocycles. The fraction of sp³-hybridized carbons (Fsp3) is 0.0588. The van der Waals surface area contributed by atoms with Crippen LogP contribution in [0.3, 0.4) is 0 Å². The van der Waals surface area contributed by atoms with Crippen LogP contribution in [-0.2, 0) is 6.54 Å². The molecule has 2 aromatic carbocycles. The second-order valence-electron chi connectivity index (χ2n) is 4.89. The molecule has 5 heteroatoms. The molecule has 1 N–H and O–H groups in total. The molecular formula is C17H13ClN2OS. The van der Waals surface area contributed by atoms with Crippen molar-refractivity contribution in [2.75, 3.05) is 0 Å². The zero-order chi connectivity index (χ0) is 15.5. The second kappa shape index (κ2) is 6.30. The molecule has 0 aromatic heterocycles. The topological polar surface area (TPSA) is 32.3 Å². The van der Waals surface area contributed by atoms with Gasteiger partial charge in [-0.2, -0.15) is 0 Å². The van der Waals surface area contributed by atoms with Gasteiger partial charge < -0.3 is 5.32 Å². The first-order valence-corrected chi connectivity index (χ1v) is 7.57. The third-order valence-electron chi connectivity index (χ3n) is 3.35. The molecule has 0 aliphatic carbocycles. The summed E-state index contributed by atoms with van der Waals surface area (Å²) in [5.41, 5.74) is 2.45. The smallest absolute Gasteiger partial charge is 0.305 e. The minimum absolute atomic E-state index is 0.216. The number of benzene rings is 2. The van der Waals surface area contributed by atoms with E-state index in [9.17, 15) is 4.79 Å². The first-order chi connectivity index (χ1) is 10.6. The maximum absolute atomic E-state index is 12.1. The number of urea groups is 1. The number of carbonyl (C=O) groups is 1. The lowest BCUT2D eigenvalue weighted by Gasteiger charge is -2.13. The number of carbonyl (C=O) groups excluding carboxylic acids is 1. The van der Waals surface area contributed by atoms with Crippen LogP contribution in [0.15, 0.2) is 60.3 Å². The highest BCUT2D eigenvalue weighted by atomic mass is 35.5. The van der Waals surface area contributed by atoms with Gasteiger partial charge in [0.05, 0.1) is 12.2 Å². The van der Waals surface area contributed by atoms with E-state index in [0.29, 0.717) is 22.3 Å². The van der Waals surface area contributed by atoms with Gasteiger partial charge in [-0.05, 0) is 23.3 Å². The highest BCUT2D eigenvalue weighted by Gasteiger charge is 2.30. The molecule has 110 valence electrons. The molecule has 1 fully saturated rings. The number of halogens is 1. The monoisotopic (exact) mass is 328 g/mol. The molecule has 3 rings (SSSR count). The predicted molar refractivity (Wildman–Crippen MR) is 92.5 cm³/mol. The Morgan fingerprint density at radius 2 is 1.77 bits per heavy atom. The highest BCUT2D eigenvalue weighted by Crippen LogP contribution is 2.22. The summed E-state index contributed by atoms with van der Waals surface area (Å²) in [4.78, 5) is 14.2. The molecule has 22 heavy (non-hydrogen) atoms. The molecule has 3 nitrogen and oxygen atoms in total. The molecule has 1 heterocycles. The average molecular weight is 329 g/mol. The second-order valence-corrected chi connectivity index (χ2v) is 5.68. The largest absolute Gasteiger partial charge is 0.327 e. The Kier molecular flexibility index (Phi) is 4.22. The fourth-order valence-corrected chi connectivity index (χ4v) is 2.68. The van der Waals surface area contributed by atoms with Crippen molar-refractivity contribution in [3.8, 4) is 0 Å². The van der Waals surface area contributed by atoms with E-state index in [0.717, 1.165) is 11.1 Å². The van der Waals surface area contributed by atoms with Crippen LogP contribution < -0.4 is 5.32 Å². The van der Waals surface area contributed by atoms with Crippen LogP contribution in [0.2, 0.25) is 5.02 Å². The van der Waals surface area contributed by atoms with Gasteiger partial charge >= 0.3 is 6.03 Å². The van der Waals surface area contributed by atoms with Gasteiger partial charge in [0.2, 0.25) is 0 Å². The number of nitrogens with one attached hydrogen (secondary N) is 1. The van der Waals surface area contributed by atoms with E-state index < -0.39 is 0 Å². The van der Waals surface area contributed by atoms with Gasteiger partial charge in [-0.3, -0.25) is 4.90 Å². The van der Waals surface area contributed by atoms with Gasteiger partial charge in [0, 0.05) is 5.02 Å². The van der Waals surface area contributed by atoms with Crippen LogP contribution in [0.4, 0.5) is 4.79 Å². The van der Waals surface area contributed by atoms with Crippen molar-refractivity contribution in [3.63, 3.8) is 0 Å². The first kappa shape index (κ1) is 14.8. The highest BCUT2D eigenvalue weighted by molar-refractivity contribution is 7.80. The summed E-state index contributed by atoms with van der Waals surface area (Å²) in [5, 5.41) is 3.42. The van der Waals surface area contributed by atoms with Crippen molar-refractivity contribution in [2.24, 2.45) is 0 Å². The Morgan fingerprint density at radius 1 is 1.09 bits per heavy atom. The maximum atomic E-state index is 12.1. The number of nitrogens with zero attached hydrogens (tertiary/aromatic N) is 1. The van der Waals surface area contributed by atoms with Crippen LogP contribution in [0.5, 0.6) is 0 Å². The average Bonchev–Trinajstić information content (AvgIpc) is 2.78. The number of amides is 2. The fourth-order valence-electron chi connectivity index (χ4n) is 2.23. The Morgan fingerprint density at radius 3 is 2.50 bits per heavy atom. The minimum Gasteiger partial charge on any atom is -0.305 e. The first-order valence-electron chi connectivity index (χ1n) is 6.78. The summed E-state index contributed by atoms with van der Waals surface area (Å²) >= 11 is 11.6. The number of hydrogen-bond donors (Lipinski definition) is 1. The molecular weight excluding hydrogens is 316 g/mol. The molecule has 0 bridgehead atoms. The lowest BCUT2D eigenvalue weighted by Crippen LogP contribution is -2.29. The molecule has 0 spiro atoms. The summed E-state index contributed by atoms with van der Waals surface area (Å²) in [6.45, 7) is 0.450. The Bertz CT molecular complexity index is 758. The summed E-state index contributed by atoms with van der Waals surface area (Å²) < 4.78 is 0. The Labute approximate surface area is 139 Å². The quantitative estimate of drug-likeness (QED) is 0.675. The van der Waals surface area contributed by atoms with Crippen LogP contribution in [0, 0.1) is 0 Å². The Hall–Kier alpha value is -2.17. The molecule has 0 radical (unpaired) electrons. The van der Waals surface area contributed by atoms with E-state index in [4.69, 9.17) is 23.8 Å². The maximum Gasteiger partial charge on any atom is 0.327 e. The third kappa shape index (κ3) is 3.03. The summed E-state index contributed by atoms with van der Waals surface area (Å²) in [6.07, 6.45) is 1.80. The molecule has 2 aromatic rings. The zero-order valence-corrected chi connectivity index (χ0v) is 13.2. The van der Waals surface area contributed by atoms with Gasteiger partial charge in [-0.1, -0.05) is 72.3 Å². The number of rotatable bonds is 3. The summed E-state index contributed by atoms with van der Waals surface area (Å²) in [5.74, 6) is 0. The summed E-state index contributed by atoms with van der Waals surface area (Å²) in [6, 6.07) is 17.0. The zero-order valence-electron chi connectivity index (χ0n) is 11.6. The van der Waals surface area contributed by atoms with Crippen LogP contribution in [0.25, 0.3) is 6.08 Å². The van der Waals surface area contributed by atoms with Gasteiger partial charge in [-0.25, -0.2) is 4.79 Å². The lowest BCUT2D eigenvalue weighted by molar-refractivity contribution is 0.228. The normalized spacial score (nSPS) is 16.2. The number of thiocarbonyl (C=S) groups is 1. The lowest BCUT2D eigenvalue weighted by atomic mass is 10.2. The predicted octanol–water partition coefficient (Wildman–Crippen LogP) is 4.23. The molecule has 0 atom stereocenters. The van der Waals surface area contributed by atoms with Crippen molar-refractivity contribution in [3.05, 3.63) is 76.4 Å². The SMILES string of the molecule is O=C1N/C(=C\c2ccccc2Cl)C(=S)N1Cc1ccccc1. The molecule has 2 amide bonds. The van der Waals surface area contributed by atoms with Crippen molar-refractivity contribution >= 4 is 40.9 Å². The van der Waals surface area contributed by atoms with Gasteiger partial charge in [0.1, 0.15) is 4.99 Å². The van der Waals surface area contributed by atoms with Crippen LogP contribution in [0.1, 0.15) is 11.1 Å². The van der Waals surface area contributed by atoms with Crippen molar-refractivity contribution in [2.45, 2.75) is 6.54 Å². The van der Waals surface area contributed by atoms with Gasteiger partial charge in [-0.15, -0.1) is 0 Å². The van der Waals surface area contributed by atoms with E-state index in [1.807, 2.05) is 48.5 Å². The molecule has 0 saturated carbocycles. The third-order valence-corrected chi connectivity index (χ3v) is 4.14. The van der Waals surface area contributed by atoms with Crippen molar-refractivity contribution in [1.29, 1.82) is 0 Å². The van der Waals surface area contributed by atoms with Crippen molar-refractivity contribution < 1.29 is 4.79 Å². The molecule has 1 aliphatic rings. The number of hydrogen-bond acceptors (Lipinski definition) is 2. The summed E-state index contributed by atoms with van der Waals surface area (Å²) in [7, 11) is 0. The molecule has 0 unspecified atom stereocenters. The van der Waals surface area contributed by atoms with E-state index in [-0.39, 0.29) is 6.03 Å². The Balaban J connectivity index is 1.84. The standard InChI is InChI=1S/C17H13ClN2OS/c18-14-9-5-4-8-13(14)10-15-16(22)20(17(21)19-15)11-12-6-2-1-3-7-12/h1-10H,11H2,(H,19,21)/b15-10-. The van der Waals surface area contributed by atoms with Gasteiger partial charge in [0.25, 0.3) is 0 Å². The minimum atomic E-state index is -0.216. The van der Waals surface area contributed by atoms with Crippen LogP contribution >= 0.6 is 23.8 Å². The van der Waals surface area contributed by atoms with Gasteiger partial charge in [0.15, 0.2) is 0 Å². The van der Waals surface area contributed by atoms with E-state index in [1.54, 1.807) is 17.0 Å².